The highest BCUT2D eigenvalue weighted by Crippen LogP contribution is 2.30. The maximum absolute atomic E-state index is 5.53. The Labute approximate surface area is 97.3 Å². The van der Waals surface area contributed by atoms with Crippen LogP contribution in [0.3, 0.4) is 0 Å². The molecule has 2 rings (SSSR count). The van der Waals surface area contributed by atoms with Crippen molar-refractivity contribution in [1.29, 1.82) is 0 Å². The summed E-state index contributed by atoms with van der Waals surface area (Å²) in [5.74, 6) is 2.75. The van der Waals surface area contributed by atoms with E-state index < -0.39 is 0 Å². The molecule has 0 aliphatic heterocycles. The van der Waals surface area contributed by atoms with E-state index >= 15 is 0 Å². The minimum absolute atomic E-state index is 0.146. The van der Waals surface area contributed by atoms with Gasteiger partial charge < -0.3 is 0 Å². The third-order valence-corrected chi connectivity index (χ3v) is 2.89. The number of terminal acetylenes is 1. The van der Waals surface area contributed by atoms with Crippen molar-refractivity contribution in [3.8, 4) is 12.3 Å². The second-order valence-corrected chi connectivity index (χ2v) is 5.10. The molecule has 0 saturated heterocycles. The van der Waals surface area contributed by atoms with Crippen LogP contribution in [0.4, 0.5) is 0 Å². The van der Waals surface area contributed by atoms with Gasteiger partial charge in [0.25, 0.3) is 0 Å². The van der Waals surface area contributed by atoms with Crippen LogP contribution in [0.25, 0.3) is 10.8 Å². The molecule has 0 heterocycles. The van der Waals surface area contributed by atoms with E-state index in [0.717, 1.165) is 5.56 Å². The van der Waals surface area contributed by atoms with Crippen molar-refractivity contribution in [3.63, 3.8) is 0 Å². The van der Waals surface area contributed by atoms with Crippen LogP contribution < -0.4 is 0 Å². The van der Waals surface area contributed by atoms with E-state index in [1.54, 1.807) is 0 Å². The molecule has 2 aromatic rings. The molecule has 0 heteroatoms. The number of fused-ring (bicyclic) bond motifs is 1. The predicted molar refractivity (Wildman–Crippen MR) is 70.6 cm³/mol. The van der Waals surface area contributed by atoms with Crippen molar-refractivity contribution in [2.24, 2.45) is 0 Å². The third kappa shape index (κ3) is 1.70. The molecule has 0 bridgehead atoms. The van der Waals surface area contributed by atoms with Gasteiger partial charge in [-0.1, -0.05) is 57.0 Å². The van der Waals surface area contributed by atoms with E-state index in [4.69, 9.17) is 6.42 Å². The van der Waals surface area contributed by atoms with Crippen molar-refractivity contribution >= 4 is 10.8 Å². The Morgan fingerprint density at radius 1 is 0.938 bits per heavy atom. The molecule has 2 aromatic carbocycles. The minimum atomic E-state index is 0.146. The van der Waals surface area contributed by atoms with Gasteiger partial charge in [-0.05, 0) is 27.8 Å². The number of hydrogen-bond donors (Lipinski definition) is 0. The number of hydrogen-bond acceptors (Lipinski definition) is 0. The van der Waals surface area contributed by atoms with Crippen LogP contribution in [-0.4, -0.2) is 0 Å². The summed E-state index contributed by atoms with van der Waals surface area (Å²) in [6.45, 7) is 6.68. The molecule has 0 atom stereocenters. The van der Waals surface area contributed by atoms with Crippen LogP contribution in [0.2, 0.25) is 0 Å². The fourth-order valence-electron chi connectivity index (χ4n) is 2.09. The Morgan fingerprint density at radius 2 is 1.56 bits per heavy atom. The average Bonchev–Trinajstić information content (AvgIpc) is 2.26. The normalized spacial score (nSPS) is 11.4. The SMILES string of the molecule is C#Cc1cccc2c(C(C)(C)C)cccc12. The molecular formula is C16H16. The summed E-state index contributed by atoms with van der Waals surface area (Å²) in [6.07, 6.45) is 5.53. The zero-order valence-corrected chi connectivity index (χ0v) is 10.0. The van der Waals surface area contributed by atoms with Crippen LogP contribution in [0, 0.1) is 12.3 Å². The van der Waals surface area contributed by atoms with Crippen molar-refractivity contribution in [2.45, 2.75) is 26.2 Å². The molecule has 0 fully saturated rings. The molecule has 0 aliphatic rings. The largest absolute Gasteiger partial charge is 0.115 e. The minimum Gasteiger partial charge on any atom is -0.115 e. The van der Waals surface area contributed by atoms with Crippen molar-refractivity contribution in [2.75, 3.05) is 0 Å². The lowest BCUT2D eigenvalue weighted by molar-refractivity contribution is 0.596. The van der Waals surface area contributed by atoms with E-state index in [0.29, 0.717) is 0 Å². The van der Waals surface area contributed by atoms with Crippen molar-refractivity contribution in [3.05, 3.63) is 47.5 Å². The summed E-state index contributed by atoms with van der Waals surface area (Å²) in [5.41, 5.74) is 2.47. The Balaban J connectivity index is 2.86. The van der Waals surface area contributed by atoms with Gasteiger partial charge in [-0.3, -0.25) is 0 Å². The number of rotatable bonds is 0. The summed E-state index contributed by atoms with van der Waals surface area (Å²) < 4.78 is 0. The summed E-state index contributed by atoms with van der Waals surface area (Å²) >= 11 is 0. The molecule has 0 nitrogen and oxygen atoms in total. The monoisotopic (exact) mass is 208 g/mol. The van der Waals surface area contributed by atoms with E-state index in [-0.39, 0.29) is 5.41 Å². The molecule has 0 radical (unpaired) electrons. The molecule has 0 spiro atoms. The van der Waals surface area contributed by atoms with E-state index in [1.807, 2.05) is 12.1 Å². The highest BCUT2D eigenvalue weighted by Gasteiger charge is 2.16. The summed E-state index contributed by atoms with van der Waals surface area (Å²) in [4.78, 5) is 0. The maximum atomic E-state index is 5.53. The molecule has 0 unspecified atom stereocenters. The summed E-state index contributed by atoms with van der Waals surface area (Å²) in [7, 11) is 0. The molecule has 0 N–H and O–H groups in total. The summed E-state index contributed by atoms with van der Waals surface area (Å²) in [5, 5.41) is 2.45. The molecular weight excluding hydrogens is 192 g/mol. The van der Waals surface area contributed by atoms with Gasteiger partial charge in [0.2, 0.25) is 0 Å². The maximum Gasteiger partial charge on any atom is 0.0321 e. The lowest BCUT2D eigenvalue weighted by atomic mass is 9.83. The molecule has 0 amide bonds. The standard InChI is InChI=1S/C16H16/c1-5-12-8-6-10-14-13(12)9-7-11-15(14)16(2,3)4/h1,6-11H,2-4H3. The lowest BCUT2D eigenvalue weighted by Gasteiger charge is -2.21. The van der Waals surface area contributed by atoms with E-state index in [9.17, 15) is 0 Å². The fourth-order valence-corrected chi connectivity index (χ4v) is 2.09. The first-order valence-electron chi connectivity index (χ1n) is 5.53. The second-order valence-electron chi connectivity index (χ2n) is 5.10. The van der Waals surface area contributed by atoms with Crippen LogP contribution >= 0.6 is 0 Å². The van der Waals surface area contributed by atoms with E-state index in [1.165, 1.54) is 16.3 Å². The predicted octanol–water partition coefficient (Wildman–Crippen LogP) is 4.12. The Bertz CT molecular complexity index is 563. The Morgan fingerprint density at radius 3 is 2.19 bits per heavy atom. The van der Waals surface area contributed by atoms with Crippen LogP contribution in [0.15, 0.2) is 36.4 Å². The van der Waals surface area contributed by atoms with Gasteiger partial charge in [0.15, 0.2) is 0 Å². The first kappa shape index (κ1) is 10.8. The van der Waals surface area contributed by atoms with E-state index in [2.05, 4.69) is 51.0 Å². The Hall–Kier alpha value is -1.74. The lowest BCUT2D eigenvalue weighted by Crippen LogP contribution is -2.11. The quantitative estimate of drug-likeness (QED) is 0.571. The smallest absolute Gasteiger partial charge is 0.0321 e. The third-order valence-electron chi connectivity index (χ3n) is 2.89. The van der Waals surface area contributed by atoms with Crippen LogP contribution in [-0.2, 0) is 5.41 Å². The first-order chi connectivity index (χ1) is 7.54. The zero-order valence-electron chi connectivity index (χ0n) is 10.0. The molecule has 0 aromatic heterocycles. The van der Waals surface area contributed by atoms with Crippen molar-refractivity contribution in [1.82, 2.24) is 0 Å². The van der Waals surface area contributed by atoms with Crippen molar-refractivity contribution < 1.29 is 0 Å². The molecule has 0 saturated carbocycles. The van der Waals surface area contributed by atoms with Gasteiger partial charge >= 0.3 is 0 Å². The topological polar surface area (TPSA) is 0 Å². The average molecular weight is 208 g/mol. The van der Waals surface area contributed by atoms with Crippen LogP contribution in [0.5, 0.6) is 0 Å². The van der Waals surface area contributed by atoms with Crippen LogP contribution in [0.1, 0.15) is 31.9 Å². The van der Waals surface area contributed by atoms with Gasteiger partial charge in [0, 0.05) is 5.56 Å². The van der Waals surface area contributed by atoms with Gasteiger partial charge in [-0.15, -0.1) is 6.42 Å². The van der Waals surface area contributed by atoms with Gasteiger partial charge in [-0.2, -0.15) is 0 Å². The summed E-state index contributed by atoms with van der Waals surface area (Å²) in [6, 6.07) is 12.5. The first-order valence-corrected chi connectivity index (χ1v) is 5.53. The second kappa shape index (κ2) is 3.68. The molecule has 80 valence electrons. The molecule has 16 heavy (non-hydrogen) atoms. The highest BCUT2D eigenvalue weighted by molar-refractivity contribution is 5.91. The van der Waals surface area contributed by atoms with Gasteiger partial charge in [0.05, 0.1) is 0 Å². The fraction of sp³-hybridized carbons (Fsp3) is 0.250. The van der Waals surface area contributed by atoms with Gasteiger partial charge in [0.1, 0.15) is 0 Å². The Kier molecular flexibility index (Phi) is 2.48. The molecule has 0 aliphatic carbocycles. The highest BCUT2D eigenvalue weighted by atomic mass is 14.2. The van der Waals surface area contributed by atoms with Gasteiger partial charge in [-0.25, -0.2) is 0 Å². The zero-order chi connectivity index (χ0) is 11.8. The number of benzene rings is 2.